The van der Waals surface area contributed by atoms with Crippen LogP contribution in [0, 0.1) is 0 Å². The quantitative estimate of drug-likeness (QED) is 0.515. The third kappa shape index (κ3) is 6.56. The highest BCUT2D eigenvalue weighted by atomic mass is 32.2. The van der Waals surface area contributed by atoms with Crippen LogP contribution in [-0.2, 0) is 23.1 Å². The van der Waals surface area contributed by atoms with Gasteiger partial charge in [0.2, 0.25) is 0 Å². The van der Waals surface area contributed by atoms with Crippen molar-refractivity contribution in [3.8, 4) is 11.5 Å². The Bertz CT molecular complexity index is 797. The van der Waals surface area contributed by atoms with Gasteiger partial charge in [0.05, 0.1) is 14.2 Å². The molecule has 1 atom stereocenters. The standard InChI is InChI=1S/C21H29N3O3S/c1-22-21(23-12-13-28(25)16-17-8-6-5-7-9-17)24(2)15-18-10-11-19(26-3)14-20(18)27-4/h5-11,14H,12-13,15-16H2,1-4H3,(H,22,23). The molecule has 152 valence electrons. The van der Waals surface area contributed by atoms with Gasteiger partial charge in [-0.3, -0.25) is 9.20 Å². The van der Waals surface area contributed by atoms with E-state index in [1.807, 2.05) is 60.5 Å². The fraction of sp³-hybridized carbons (Fsp3) is 0.381. The lowest BCUT2D eigenvalue weighted by molar-refractivity contribution is 0.382. The summed E-state index contributed by atoms with van der Waals surface area (Å²) in [5.74, 6) is 3.40. The van der Waals surface area contributed by atoms with Gasteiger partial charge in [-0.25, -0.2) is 0 Å². The summed E-state index contributed by atoms with van der Waals surface area (Å²) in [5.41, 5.74) is 2.12. The normalized spacial score (nSPS) is 12.4. The molecule has 2 rings (SSSR count). The van der Waals surface area contributed by atoms with Crippen LogP contribution in [-0.4, -0.2) is 55.7 Å². The summed E-state index contributed by atoms with van der Waals surface area (Å²) in [7, 11) is 6.06. The zero-order chi connectivity index (χ0) is 20.4. The summed E-state index contributed by atoms with van der Waals surface area (Å²) >= 11 is 0. The van der Waals surface area contributed by atoms with Gasteiger partial charge in [0.15, 0.2) is 5.96 Å². The Hall–Kier alpha value is -2.54. The van der Waals surface area contributed by atoms with Crippen LogP contribution < -0.4 is 14.8 Å². The van der Waals surface area contributed by atoms with Crippen LogP contribution in [0.4, 0.5) is 0 Å². The molecular weight excluding hydrogens is 374 g/mol. The van der Waals surface area contributed by atoms with Crippen LogP contribution in [0.3, 0.4) is 0 Å². The van der Waals surface area contributed by atoms with E-state index in [0.29, 0.717) is 24.6 Å². The highest BCUT2D eigenvalue weighted by Crippen LogP contribution is 2.25. The molecule has 0 spiro atoms. The van der Waals surface area contributed by atoms with Gasteiger partial charge in [0.1, 0.15) is 11.5 Å². The molecule has 0 bridgehead atoms. The van der Waals surface area contributed by atoms with E-state index in [-0.39, 0.29) is 0 Å². The molecule has 7 heteroatoms. The number of nitrogens with zero attached hydrogens (tertiary/aromatic N) is 2. The molecule has 28 heavy (non-hydrogen) atoms. The Balaban J connectivity index is 1.86. The number of guanidine groups is 1. The predicted molar refractivity (Wildman–Crippen MR) is 116 cm³/mol. The largest absolute Gasteiger partial charge is 0.497 e. The Morgan fingerprint density at radius 3 is 2.54 bits per heavy atom. The third-order valence-corrected chi connectivity index (χ3v) is 5.57. The van der Waals surface area contributed by atoms with Crippen molar-refractivity contribution in [1.29, 1.82) is 0 Å². The van der Waals surface area contributed by atoms with Crippen LogP contribution in [0.1, 0.15) is 11.1 Å². The van der Waals surface area contributed by atoms with E-state index in [0.717, 1.165) is 28.6 Å². The minimum atomic E-state index is -0.919. The average Bonchev–Trinajstić information content (AvgIpc) is 2.72. The molecule has 0 saturated heterocycles. The molecular formula is C21H29N3O3S. The maximum absolute atomic E-state index is 12.3. The van der Waals surface area contributed by atoms with E-state index >= 15 is 0 Å². The van der Waals surface area contributed by atoms with Crippen molar-refractivity contribution in [3.63, 3.8) is 0 Å². The first kappa shape index (κ1) is 21.8. The number of benzene rings is 2. The number of methoxy groups -OCH3 is 2. The van der Waals surface area contributed by atoms with Crippen molar-refractivity contribution in [2.75, 3.05) is 40.6 Å². The van der Waals surface area contributed by atoms with Crippen molar-refractivity contribution in [1.82, 2.24) is 10.2 Å². The zero-order valence-corrected chi connectivity index (χ0v) is 17.8. The van der Waals surface area contributed by atoms with Crippen molar-refractivity contribution < 1.29 is 13.7 Å². The third-order valence-electron chi connectivity index (χ3n) is 4.26. The molecule has 2 aromatic rings. The first-order chi connectivity index (χ1) is 13.6. The first-order valence-corrected chi connectivity index (χ1v) is 10.6. The fourth-order valence-electron chi connectivity index (χ4n) is 2.81. The lowest BCUT2D eigenvalue weighted by Crippen LogP contribution is -2.40. The van der Waals surface area contributed by atoms with Gasteiger partial charge in [0.25, 0.3) is 0 Å². The zero-order valence-electron chi connectivity index (χ0n) is 17.0. The summed E-state index contributed by atoms with van der Waals surface area (Å²) in [6.45, 7) is 1.22. The Labute approximate surface area is 170 Å². The summed E-state index contributed by atoms with van der Waals surface area (Å²) in [5, 5.41) is 3.28. The molecule has 0 saturated carbocycles. The highest BCUT2D eigenvalue weighted by molar-refractivity contribution is 7.84. The predicted octanol–water partition coefficient (Wildman–Crippen LogP) is 2.66. The van der Waals surface area contributed by atoms with E-state index in [4.69, 9.17) is 9.47 Å². The summed E-state index contributed by atoms with van der Waals surface area (Å²) in [6.07, 6.45) is 0. The van der Waals surface area contributed by atoms with Gasteiger partial charge in [-0.05, 0) is 17.7 Å². The lowest BCUT2D eigenvalue weighted by atomic mass is 10.2. The van der Waals surface area contributed by atoms with Crippen molar-refractivity contribution in [2.24, 2.45) is 4.99 Å². The van der Waals surface area contributed by atoms with Crippen molar-refractivity contribution >= 4 is 16.8 Å². The van der Waals surface area contributed by atoms with E-state index in [2.05, 4.69) is 10.3 Å². The molecule has 0 heterocycles. The number of hydrogen-bond acceptors (Lipinski definition) is 4. The minimum Gasteiger partial charge on any atom is -0.497 e. The van der Waals surface area contributed by atoms with Crippen LogP contribution >= 0.6 is 0 Å². The minimum absolute atomic E-state index is 0.563. The molecule has 1 N–H and O–H groups in total. The van der Waals surface area contributed by atoms with Gasteiger partial charge in [-0.1, -0.05) is 30.3 Å². The first-order valence-electron chi connectivity index (χ1n) is 9.09. The Morgan fingerprint density at radius 1 is 1.14 bits per heavy atom. The molecule has 0 aliphatic heterocycles. The van der Waals surface area contributed by atoms with Gasteiger partial charge >= 0.3 is 0 Å². The van der Waals surface area contributed by atoms with E-state index in [1.54, 1.807) is 21.3 Å². The fourth-order valence-corrected chi connectivity index (χ4v) is 3.84. The van der Waals surface area contributed by atoms with Gasteiger partial charge in [0, 0.05) is 61.1 Å². The van der Waals surface area contributed by atoms with E-state index in [1.165, 1.54) is 0 Å². The molecule has 0 aliphatic rings. The van der Waals surface area contributed by atoms with Gasteiger partial charge < -0.3 is 19.7 Å². The molecule has 6 nitrogen and oxygen atoms in total. The van der Waals surface area contributed by atoms with Gasteiger partial charge in [-0.2, -0.15) is 0 Å². The molecule has 1 unspecified atom stereocenters. The molecule has 2 aromatic carbocycles. The van der Waals surface area contributed by atoms with E-state index < -0.39 is 10.8 Å². The topological polar surface area (TPSA) is 63.2 Å². The highest BCUT2D eigenvalue weighted by Gasteiger charge is 2.11. The second-order valence-corrected chi connectivity index (χ2v) is 7.86. The van der Waals surface area contributed by atoms with Crippen LogP contribution in [0.5, 0.6) is 11.5 Å². The van der Waals surface area contributed by atoms with Crippen LogP contribution in [0.25, 0.3) is 0 Å². The lowest BCUT2D eigenvalue weighted by Gasteiger charge is -2.23. The maximum atomic E-state index is 12.3. The average molecular weight is 404 g/mol. The second kappa shape index (κ2) is 11.3. The maximum Gasteiger partial charge on any atom is 0.193 e. The molecule has 0 radical (unpaired) electrons. The monoisotopic (exact) mass is 403 g/mol. The van der Waals surface area contributed by atoms with Crippen molar-refractivity contribution in [2.45, 2.75) is 12.3 Å². The smallest absolute Gasteiger partial charge is 0.193 e. The SMILES string of the molecule is CN=C(NCCS(=O)Cc1ccccc1)N(C)Cc1ccc(OC)cc1OC. The molecule has 0 aliphatic carbocycles. The summed E-state index contributed by atoms with van der Waals surface area (Å²) < 4.78 is 23.0. The number of ether oxygens (including phenoxy) is 2. The second-order valence-electron chi connectivity index (χ2n) is 6.28. The molecule has 0 amide bonds. The van der Waals surface area contributed by atoms with Gasteiger partial charge in [-0.15, -0.1) is 0 Å². The van der Waals surface area contributed by atoms with Crippen LogP contribution in [0.2, 0.25) is 0 Å². The molecule has 0 aromatic heterocycles. The molecule has 0 fully saturated rings. The summed E-state index contributed by atoms with van der Waals surface area (Å²) in [4.78, 5) is 6.33. The summed E-state index contributed by atoms with van der Waals surface area (Å²) in [6, 6.07) is 15.7. The van der Waals surface area contributed by atoms with E-state index in [9.17, 15) is 4.21 Å². The number of hydrogen-bond donors (Lipinski definition) is 1. The Morgan fingerprint density at radius 2 is 1.89 bits per heavy atom. The number of rotatable bonds is 9. The van der Waals surface area contributed by atoms with Crippen molar-refractivity contribution in [3.05, 3.63) is 59.7 Å². The number of nitrogens with one attached hydrogen (secondary N) is 1. The van der Waals surface area contributed by atoms with Crippen LogP contribution in [0.15, 0.2) is 53.5 Å². The number of aliphatic imine (C=N–C) groups is 1. The Kier molecular flexibility index (Phi) is 8.81.